The average molecular weight is 481 g/mol. The standard InChI is InChI=1S/C20H24N4O6S2/c1-32(29,30)15-6-7-16(18(13-15)24(27)28)21-8-9-22-20(26)17-5-2-10-23(17)19(25)12-14-4-3-11-31-14/h3-4,6-7,11,13,17,21H,2,5,8-10,12H2,1H3,(H,22,26). The molecule has 3 rings (SSSR count). The molecule has 1 fully saturated rings. The minimum Gasteiger partial charge on any atom is -0.378 e. The van der Waals surface area contributed by atoms with Gasteiger partial charge in [-0.2, -0.15) is 0 Å². The molecule has 0 spiro atoms. The Balaban J connectivity index is 1.53. The first kappa shape index (κ1) is 23.7. The van der Waals surface area contributed by atoms with E-state index in [9.17, 15) is 28.1 Å². The number of thiophene rings is 1. The molecule has 2 N–H and O–H groups in total. The summed E-state index contributed by atoms with van der Waals surface area (Å²) >= 11 is 1.50. The number of benzene rings is 1. The van der Waals surface area contributed by atoms with Crippen LogP contribution in [0.1, 0.15) is 17.7 Å². The predicted octanol–water partition coefficient (Wildman–Crippen LogP) is 1.82. The number of hydrogen-bond acceptors (Lipinski definition) is 8. The van der Waals surface area contributed by atoms with E-state index >= 15 is 0 Å². The molecule has 0 saturated carbocycles. The van der Waals surface area contributed by atoms with Crippen molar-refractivity contribution in [2.45, 2.75) is 30.2 Å². The molecular weight excluding hydrogens is 456 g/mol. The summed E-state index contributed by atoms with van der Waals surface area (Å²) in [4.78, 5) is 38.2. The van der Waals surface area contributed by atoms with Gasteiger partial charge in [0.15, 0.2) is 9.84 Å². The number of sulfone groups is 1. The Hall–Kier alpha value is -2.99. The molecule has 32 heavy (non-hydrogen) atoms. The van der Waals surface area contributed by atoms with Crippen molar-refractivity contribution in [2.24, 2.45) is 0 Å². The van der Waals surface area contributed by atoms with Crippen LogP contribution in [0.15, 0.2) is 40.6 Å². The van der Waals surface area contributed by atoms with Crippen molar-refractivity contribution in [2.75, 3.05) is 31.2 Å². The van der Waals surface area contributed by atoms with Crippen molar-refractivity contribution in [1.29, 1.82) is 0 Å². The Labute approximate surface area is 189 Å². The minimum absolute atomic E-state index is 0.0789. The van der Waals surface area contributed by atoms with Gasteiger partial charge in [-0.05, 0) is 36.4 Å². The average Bonchev–Trinajstić information content (AvgIpc) is 3.42. The van der Waals surface area contributed by atoms with Crippen LogP contribution in [-0.4, -0.2) is 62.0 Å². The zero-order valence-corrected chi connectivity index (χ0v) is 19.1. The van der Waals surface area contributed by atoms with Crippen molar-refractivity contribution < 1.29 is 22.9 Å². The van der Waals surface area contributed by atoms with Crippen LogP contribution in [0, 0.1) is 10.1 Å². The third-order valence-electron chi connectivity index (χ3n) is 5.12. The Morgan fingerprint density at radius 2 is 2.06 bits per heavy atom. The van der Waals surface area contributed by atoms with Crippen LogP contribution in [0.2, 0.25) is 0 Å². The van der Waals surface area contributed by atoms with Gasteiger partial charge < -0.3 is 15.5 Å². The first-order valence-electron chi connectivity index (χ1n) is 9.99. The van der Waals surface area contributed by atoms with E-state index in [0.29, 0.717) is 13.0 Å². The Bertz CT molecular complexity index is 1100. The normalized spacial score (nSPS) is 16.0. The quantitative estimate of drug-likeness (QED) is 0.317. The summed E-state index contributed by atoms with van der Waals surface area (Å²) in [5, 5.41) is 18.8. The van der Waals surface area contributed by atoms with E-state index in [-0.39, 0.29) is 47.6 Å². The van der Waals surface area contributed by atoms with Gasteiger partial charge >= 0.3 is 0 Å². The van der Waals surface area contributed by atoms with Gasteiger partial charge in [0, 0.05) is 36.8 Å². The maximum absolute atomic E-state index is 12.6. The van der Waals surface area contributed by atoms with Crippen molar-refractivity contribution in [1.82, 2.24) is 10.2 Å². The molecule has 2 amide bonds. The number of rotatable bonds is 9. The fraction of sp³-hybridized carbons (Fsp3) is 0.400. The molecule has 1 aliphatic rings. The second-order valence-corrected chi connectivity index (χ2v) is 10.5. The molecule has 1 saturated heterocycles. The van der Waals surface area contributed by atoms with E-state index in [1.807, 2.05) is 17.5 Å². The molecule has 1 atom stereocenters. The molecule has 1 unspecified atom stereocenters. The molecule has 2 aromatic rings. The van der Waals surface area contributed by atoms with E-state index in [4.69, 9.17) is 0 Å². The molecule has 0 aliphatic carbocycles. The molecule has 0 radical (unpaired) electrons. The number of likely N-dealkylation sites (tertiary alicyclic amines) is 1. The van der Waals surface area contributed by atoms with Crippen LogP contribution in [-0.2, 0) is 25.8 Å². The van der Waals surface area contributed by atoms with Crippen LogP contribution in [0.4, 0.5) is 11.4 Å². The van der Waals surface area contributed by atoms with Gasteiger partial charge in [-0.25, -0.2) is 8.42 Å². The number of carbonyl (C=O) groups is 2. The molecule has 2 heterocycles. The van der Waals surface area contributed by atoms with Gasteiger partial charge in [0.2, 0.25) is 11.8 Å². The fourth-order valence-corrected chi connectivity index (χ4v) is 4.88. The molecule has 0 bridgehead atoms. The second-order valence-electron chi connectivity index (χ2n) is 7.43. The van der Waals surface area contributed by atoms with E-state index in [2.05, 4.69) is 10.6 Å². The summed E-state index contributed by atoms with van der Waals surface area (Å²) in [6.45, 7) is 0.924. The molecular formula is C20H24N4O6S2. The Morgan fingerprint density at radius 3 is 2.72 bits per heavy atom. The Morgan fingerprint density at radius 1 is 1.28 bits per heavy atom. The van der Waals surface area contributed by atoms with Crippen molar-refractivity contribution in [3.8, 4) is 0 Å². The highest BCUT2D eigenvalue weighted by atomic mass is 32.2. The van der Waals surface area contributed by atoms with Crippen molar-refractivity contribution in [3.63, 3.8) is 0 Å². The van der Waals surface area contributed by atoms with Gasteiger partial charge in [0.25, 0.3) is 5.69 Å². The molecule has 12 heteroatoms. The highest BCUT2D eigenvalue weighted by Crippen LogP contribution is 2.27. The molecule has 1 aliphatic heterocycles. The molecule has 10 nitrogen and oxygen atoms in total. The number of hydrogen-bond donors (Lipinski definition) is 2. The maximum Gasteiger partial charge on any atom is 0.293 e. The van der Waals surface area contributed by atoms with Crippen molar-refractivity contribution >= 4 is 44.4 Å². The minimum atomic E-state index is -3.57. The molecule has 172 valence electrons. The van der Waals surface area contributed by atoms with Gasteiger partial charge in [0.1, 0.15) is 11.7 Å². The van der Waals surface area contributed by atoms with Crippen LogP contribution in [0.25, 0.3) is 0 Å². The zero-order valence-electron chi connectivity index (χ0n) is 17.4. The van der Waals surface area contributed by atoms with E-state index in [1.54, 1.807) is 4.90 Å². The predicted molar refractivity (Wildman–Crippen MR) is 120 cm³/mol. The smallest absolute Gasteiger partial charge is 0.293 e. The summed E-state index contributed by atoms with van der Waals surface area (Å²) in [5.74, 6) is -0.337. The summed E-state index contributed by atoms with van der Waals surface area (Å²) < 4.78 is 23.3. The van der Waals surface area contributed by atoms with Crippen LogP contribution >= 0.6 is 11.3 Å². The van der Waals surface area contributed by atoms with E-state index < -0.39 is 20.8 Å². The molecule has 1 aromatic carbocycles. The van der Waals surface area contributed by atoms with E-state index in [1.165, 1.54) is 23.5 Å². The van der Waals surface area contributed by atoms with Crippen LogP contribution in [0.5, 0.6) is 0 Å². The monoisotopic (exact) mass is 480 g/mol. The summed E-state index contributed by atoms with van der Waals surface area (Å²) in [6, 6.07) is 6.88. The number of nitro benzene ring substituents is 1. The van der Waals surface area contributed by atoms with Gasteiger partial charge in [0.05, 0.1) is 16.2 Å². The maximum atomic E-state index is 12.6. The number of carbonyl (C=O) groups excluding carboxylic acids is 2. The zero-order chi connectivity index (χ0) is 23.3. The SMILES string of the molecule is CS(=O)(=O)c1ccc(NCCNC(=O)C2CCCN2C(=O)Cc2cccs2)c([N+](=O)[O-])c1. The second kappa shape index (κ2) is 10.1. The Kier molecular flexibility index (Phi) is 7.46. The van der Waals surface area contributed by atoms with Gasteiger partial charge in [-0.3, -0.25) is 19.7 Å². The fourth-order valence-electron chi connectivity index (χ4n) is 3.54. The van der Waals surface area contributed by atoms with Crippen molar-refractivity contribution in [3.05, 3.63) is 50.7 Å². The summed E-state index contributed by atoms with van der Waals surface area (Å²) in [6.07, 6.45) is 2.60. The first-order chi connectivity index (χ1) is 15.2. The summed E-state index contributed by atoms with van der Waals surface area (Å²) in [7, 11) is -3.57. The third-order valence-corrected chi connectivity index (χ3v) is 7.10. The van der Waals surface area contributed by atoms with E-state index in [0.717, 1.165) is 23.6 Å². The number of nitrogens with zero attached hydrogens (tertiary/aromatic N) is 2. The third kappa shape index (κ3) is 5.82. The summed E-state index contributed by atoms with van der Waals surface area (Å²) in [5.41, 5.74) is -0.203. The molecule has 1 aromatic heterocycles. The van der Waals surface area contributed by atoms with Crippen LogP contribution < -0.4 is 10.6 Å². The largest absolute Gasteiger partial charge is 0.378 e. The highest BCUT2D eigenvalue weighted by Gasteiger charge is 2.33. The number of nitrogens with one attached hydrogen (secondary N) is 2. The number of anilines is 1. The lowest BCUT2D eigenvalue weighted by molar-refractivity contribution is -0.384. The van der Waals surface area contributed by atoms with Gasteiger partial charge in [-0.1, -0.05) is 6.07 Å². The first-order valence-corrected chi connectivity index (χ1v) is 12.8. The number of amides is 2. The topological polar surface area (TPSA) is 139 Å². The number of nitro groups is 1. The highest BCUT2D eigenvalue weighted by molar-refractivity contribution is 7.90. The lowest BCUT2D eigenvalue weighted by Gasteiger charge is -2.24. The lowest BCUT2D eigenvalue weighted by atomic mass is 10.2. The van der Waals surface area contributed by atoms with Crippen LogP contribution in [0.3, 0.4) is 0 Å². The van der Waals surface area contributed by atoms with Gasteiger partial charge in [-0.15, -0.1) is 11.3 Å². The lowest BCUT2D eigenvalue weighted by Crippen LogP contribution is -2.47.